The largest absolute Gasteiger partial charge is 0.456 e. The van der Waals surface area contributed by atoms with E-state index in [2.05, 4.69) is 158 Å². The van der Waals surface area contributed by atoms with Crippen LogP contribution >= 0.6 is 0 Å². The van der Waals surface area contributed by atoms with E-state index in [1.807, 2.05) is 0 Å². The summed E-state index contributed by atoms with van der Waals surface area (Å²) in [4.78, 5) is 0. The summed E-state index contributed by atoms with van der Waals surface area (Å²) in [6, 6.07) is 56.1. The monoisotopic (exact) mass is 586 g/mol. The molecule has 0 saturated heterocycles. The molecule has 0 bridgehead atoms. The van der Waals surface area contributed by atoms with Gasteiger partial charge in [0.15, 0.2) is 0 Å². The number of benzene rings is 8. The van der Waals surface area contributed by atoms with Crippen molar-refractivity contribution in [3.63, 3.8) is 0 Å². The molecule has 0 aliphatic carbocycles. The molecule has 0 atom stereocenters. The third kappa shape index (κ3) is 3.65. The Bertz CT molecular complexity index is 2670. The van der Waals surface area contributed by atoms with Crippen molar-refractivity contribution in [2.45, 2.75) is 0 Å². The lowest BCUT2D eigenvalue weighted by molar-refractivity contribution is 0.487. The van der Waals surface area contributed by atoms with Crippen molar-refractivity contribution in [2.75, 3.05) is 0 Å². The Labute approximate surface area is 265 Å². The van der Waals surface area contributed by atoms with Gasteiger partial charge in [0.1, 0.15) is 22.7 Å². The zero-order chi connectivity index (χ0) is 30.2. The summed E-state index contributed by atoms with van der Waals surface area (Å²) in [5, 5.41) is 6.95. The normalized spacial score (nSPS) is 12.1. The molecular weight excluding hydrogens is 560 g/mol. The number of hydrogen-bond acceptors (Lipinski definition) is 2. The molecule has 46 heavy (non-hydrogen) atoms. The molecule has 0 saturated carbocycles. The molecule has 2 nitrogen and oxygen atoms in total. The van der Waals surface area contributed by atoms with Crippen LogP contribution in [0.2, 0.25) is 0 Å². The van der Waals surface area contributed by atoms with Crippen LogP contribution < -0.4 is 4.74 Å². The summed E-state index contributed by atoms with van der Waals surface area (Å²) in [5.74, 6) is 1.80. The van der Waals surface area contributed by atoms with Gasteiger partial charge < -0.3 is 9.15 Å². The quantitative estimate of drug-likeness (QED) is 0.205. The molecule has 0 unspecified atom stereocenters. The van der Waals surface area contributed by atoms with E-state index in [9.17, 15) is 0 Å². The van der Waals surface area contributed by atoms with Crippen molar-refractivity contribution in [3.05, 3.63) is 158 Å². The van der Waals surface area contributed by atoms with Crippen molar-refractivity contribution in [2.24, 2.45) is 0 Å². The van der Waals surface area contributed by atoms with Crippen molar-refractivity contribution in [3.8, 4) is 56.0 Å². The Kier molecular flexibility index (Phi) is 5.31. The predicted molar refractivity (Wildman–Crippen MR) is 191 cm³/mol. The van der Waals surface area contributed by atoms with Crippen LogP contribution in [0.1, 0.15) is 0 Å². The topological polar surface area (TPSA) is 22.4 Å². The number of hydrogen-bond donors (Lipinski definition) is 0. The van der Waals surface area contributed by atoms with Crippen LogP contribution in [-0.2, 0) is 0 Å². The van der Waals surface area contributed by atoms with E-state index in [0.717, 1.165) is 50.0 Å². The summed E-state index contributed by atoms with van der Waals surface area (Å²) in [6.07, 6.45) is 0. The standard InChI is InChI=1S/C44H26O2/c1-2-14-31-27(10-1)22-24-37-43-35(19-9-21-41(43)46-44(31)37)34-17-6-5-16-33(34)32-15-4-3-13-30(32)29-23-25-39-38(26-29)36-18-7-11-28-12-8-20-40(45-39)42(28)36/h1-26H. The van der Waals surface area contributed by atoms with Crippen molar-refractivity contribution in [1.82, 2.24) is 0 Å². The number of fused-ring (bicyclic) bond motifs is 7. The molecule has 0 amide bonds. The van der Waals surface area contributed by atoms with Crippen LogP contribution in [0.3, 0.4) is 0 Å². The average Bonchev–Trinajstić information content (AvgIpc) is 3.52. The minimum atomic E-state index is 0.888. The molecule has 0 spiro atoms. The maximum atomic E-state index is 6.56. The summed E-state index contributed by atoms with van der Waals surface area (Å²) < 4.78 is 13.0. The lowest BCUT2D eigenvalue weighted by Crippen LogP contribution is -1.97. The fourth-order valence-electron chi connectivity index (χ4n) is 7.43. The summed E-state index contributed by atoms with van der Waals surface area (Å²) in [7, 11) is 0. The molecule has 8 aromatic carbocycles. The predicted octanol–water partition coefficient (Wildman–Crippen LogP) is 12.7. The lowest BCUT2D eigenvalue weighted by Gasteiger charge is -2.22. The van der Waals surface area contributed by atoms with E-state index < -0.39 is 0 Å². The van der Waals surface area contributed by atoms with Gasteiger partial charge in [-0.1, -0.05) is 127 Å². The lowest BCUT2D eigenvalue weighted by atomic mass is 9.87. The van der Waals surface area contributed by atoms with Crippen molar-refractivity contribution < 1.29 is 9.15 Å². The summed E-state index contributed by atoms with van der Waals surface area (Å²) in [5.41, 5.74) is 11.2. The zero-order valence-electron chi connectivity index (χ0n) is 24.8. The van der Waals surface area contributed by atoms with Crippen molar-refractivity contribution in [1.29, 1.82) is 0 Å². The highest BCUT2D eigenvalue weighted by Gasteiger charge is 2.22. The van der Waals surface area contributed by atoms with Gasteiger partial charge in [-0.25, -0.2) is 0 Å². The smallest absolute Gasteiger partial charge is 0.143 e. The van der Waals surface area contributed by atoms with Crippen LogP contribution in [0.5, 0.6) is 11.5 Å². The molecule has 1 aliphatic rings. The molecule has 1 aromatic heterocycles. The Balaban J connectivity index is 1.17. The first-order valence-electron chi connectivity index (χ1n) is 15.7. The van der Waals surface area contributed by atoms with E-state index in [1.165, 1.54) is 49.5 Å². The minimum Gasteiger partial charge on any atom is -0.456 e. The second-order valence-electron chi connectivity index (χ2n) is 12.0. The highest BCUT2D eigenvalue weighted by molar-refractivity contribution is 6.19. The molecule has 0 radical (unpaired) electrons. The van der Waals surface area contributed by atoms with Crippen LogP contribution in [-0.4, -0.2) is 0 Å². The summed E-state index contributed by atoms with van der Waals surface area (Å²) >= 11 is 0. The van der Waals surface area contributed by atoms with Gasteiger partial charge >= 0.3 is 0 Å². The van der Waals surface area contributed by atoms with Gasteiger partial charge in [0.25, 0.3) is 0 Å². The maximum Gasteiger partial charge on any atom is 0.143 e. The first-order valence-corrected chi connectivity index (χ1v) is 15.7. The maximum absolute atomic E-state index is 6.56. The highest BCUT2D eigenvalue weighted by Crippen LogP contribution is 2.49. The molecule has 0 N–H and O–H groups in total. The number of furan rings is 1. The minimum absolute atomic E-state index is 0.888. The Hall–Kier alpha value is -6.12. The van der Waals surface area contributed by atoms with Gasteiger partial charge in [0, 0.05) is 27.1 Å². The Morgan fingerprint density at radius 2 is 0.978 bits per heavy atom. The Morgan fingerprint density at radius 3 is 1.83 bits per heavy atom. The molecule has 0 fully saturated rings. The zero-order valence-corrected chi connectivity index (χ0v) is 24.8. The van der Waals surface area contributed by atoms with Gasteiger partial charge in [-0.05, 0) is 80.0 Å². The first kappa shape index (κ1) is 25.2. The van der Waals surface area contributed by atoms with E-state index in [0.29, 0.717) is 0 Å². The van der Waals surface area contributed by atoms with Gasteiger partial charge in [0.05, 0.1) is 0 Å². The summed E-state index contributed by atoms with van der Waals surface area (Å²) in [6.45, 7) is 0. The number of rotatable bonds is 3. The third-order valence-corrected chi connectivity index (χ3v) is 9.49. The fraction of sp³-hybridized carbons (Fsp3) is 0. The van der Waals surface area contributed by atoms with Gasteiger partial charge in [-0.15, -0.1) is 0 Å². The SMILES string of the molecule is c1ccc(-c2ccccc2-c2cccc3oc4c5ccccc5ccc4c23)c(-c2ccc3c(c2)-c2cccc4cccc(c24)O3)c1. The van der Waals surface area contributed by atoms with E-state index >= 15 is 0 Å². The van der Waals surface area contributed by atoms with E-state index in [4.69, 9.17) is 9.15 Å². The van der Waals surface area contributed by atoms with Gasteiger partial charge in [-0.2, -0.15) is 0 Å². The Morgan fingerprint density at radius 1 is 0.348 bits per heavy atom. The second kappa shape index (κ2) is 9.69. The molecule has 1 aliphatic heterocycles. The second-order valence-corrected chi connectivity index (χ2v) is 12.0. The molecule has 2 heterocycles. The molecule has 9 aromatic rings. The molecule has 214 valence electrons. The van der Waals surface area contributed by atoms with E-state index in [-0.39, 0.29) is 0 Å². The number of ether oxygens (including phenoxy) is 1. The third-order valence-electron chi connectivity index (χ3n) is 9.49. The fourth-order valence-corrected chi connectivity index (χ4v) is 7.43. The molecule has 10 rings (SSSR count). The average molecular weight is 587 g/mol. The van der Waals surface area contributed by atoms with Crippen LogP contribution in [0.25, 0.3) is 88.0 Å². The highest BCUT2D eigenvalue weighted by atomic mass is 16.5. The molecule has 2 heteroatoms. The van der Waals surface area contributed by atoms with Gasteiger partial charge in [-0.3, -0.25) is 0 Å². The van der Waals surface area contributed by atoms with Crippen molar-refractivity contribution >= 4 is 43.5 Å². The molecular formula is C44H26O2. The van der Waals surface area contributed by atoms with Crippen LogP contribution in [0.4, 0.5) is 0 Å². The van der Waals surface area contributed by atoms with Gasteiger partial charge in [0.2, 0.25) is 0 Å². The van der Waals surface area contributed by atoms with Crippen LogP contribution in [0.15, 0.2) is 162 Å². The van der Waals surface area contributed by atoms with E-state index in [1.54, 1.807) is 0 Å². The first-order chi connectivity index (χ1) is 22.8. The van der Waals surface area contributed by atoms with Crippen LogP contribution in [0, 0.1) is 0 Å².